The molecule has 0 fully saturated rings. The lowest BCUT2D eigenvalue weighted by molar-refractivity contribution is -0.132. The van der Waals surface area contributed by atoms with Crippen LogP contribution in [0.2, 0.25) is 10.0 Å². The normalized spacial score (nSPS) is 15.7. The van der Waals surface area contributed by atoms with Gasteiger partial charge in [-0.25, -0.2) is 9.79 Å². The summed E-state index contributed by atoms with van der Waals surface area (Å²) in [4.78, 5) is 28.2. The van der Waals surface area contributed by atoms with Crippen molar-refractivity contribution >= 4 is 52.0 Å². The summed E-state index contributed by atoms with van der Waals surface area (Å²) in [5.74, 6) is -2.72. The molecule has 0 saturated heterocycles. The van der Waals surface area contributed by atoms with Crippen LogP contribution in [0.3, 0.4) is 0 Å². The van der Waals surface area contributed by atoms with Gasteiger partial charge < -0.3 is 15.5 Å². The largest absolute Gasteiger partial charge is 0.505 e. The first-order valence-corrected chi connectivity index (χ1v) is 8.41. The number of aliphatic imine (C=N–C) groups is 1. The molecule has 0 saturated carbocycles. The SMILES string of the molecule is O=C(O)C1=C(O)C(Nc2ccc(Cl)cc2)=CC(=O)C1=Nc1ccc(Cl)cc1. The van der Waals surface area contributed by atoms with Crippen LogP contribution in [0.25, 0.3) is 0 Å². The Balaban J connectivity index is 2.01. The van der Waals surface area contributed by atoms with Crippen LogP contribution in [0.1, 0.15) is 0 Å². The minimum absolute atomic E-state index is 0.0465. The maximum Gasteiger partial charge on any atom is 0.341 e. The zero-order valence-corrected chi connectivity index (χ0v) is 15.1. The van der Waals surface area contributed by atoms with E-state index < -0.39 is 23.1 Å². The maximum absolute atomic E-state index is 12.5. The molecule has 8 heteroatoms. The molecule has 2 aromatic carbocycles. The van der Waals surface area contributed by atoms with E-state index in [1.54, 1.807) is 36.4 Å². The van der Waals surface area contributed by atoms with Crippen LogP contribution >= 0.6 is 23.2 Å². The summed E-state index contributed by atoms with van der Waals surface area (Å²) in [5, 5.41) is 23.7. The zero-order valence-electron chi connectivity index (χ0n) is 13.6. The molecule has 0 aromatic heterocycles. The Morgan fingerprint density at radius 1 is 0.963 bits per heavy atom. The number of nitrogens with one attached hydrogen (secondary N) is 1. The summed E-state index contributed by atoms with van der Waals surface area (Å²) in [7, 11) is 0. The van der Waals surface area contributed by atoms with E-state index in [4.69, 9.17) is 23.2 Å². The highest BCUT2D eigenvalue weighted by atomic mass is 35.5. The van der Waals surface area contributed by atoms with Crippen LogP contribution in [-0.4, -0.2) is 27.7 Å². The first kappa shape index (κ1) is 18.7. The van der Waals surface area contributed by atoms with Crippen molar-refractivity contribution in [2.45, 2.75) is 0 Å². The fraction of sp³-hybridized carbons (Fsp3) is 0. The van der Waals surface area contributed by atoms with E-state index in [1.807, 2.05) is 0 Å². The van der Waals surface area contributed by atoms with E-state index in [-0.39, 0.29) is 11.4 Å². The number of aliphatic carboxylic acids is 1. The molecule has 0 heterocycles. The van der Waals surface area contributed by atoms with Crippen molar-refractivity contribution in [3.8, 4) is 0 Å². The van der Waals surface area contributed by atoms with E-state index in [9.17, 15) is 19.8 Å². The van der Waals surface area contributed by atoms with E-state index in [2.05, 4.69) is 10.3 Å². The van der Waals surface area contributed by atoms with Crippen LogP contribution in [0.15, 0.2) is 76.6 Å². The van der Waals surface area contributed by atoms with Gasteiger partial charge in [0.25, 0.3) is 0 Å². The van der Waals surface area contributed by atoms with E-state index >= 15 is 0 Å². The van der Waals surface area contributed by atoms with Gasteiger partial charge >= 0.3 is 5.97 Å². The molecule has 3 N–H and O–H groups in total. The van der Waals surface area contributed by atoms with Gasteiger partial charge in [-0.2, -0.15) is 0 Å². The number of carboxylic acid groups (broad SMARTS) is 1. The minimum atomic E-state index is -1.47. The second-order valence-electron chi connectivity index (χ2n) is 5.52. The van der Waals surface area contributed by atoms with Gasteiger partial charge in [0.1, 0.15) is 11.3 Å². The second kappa shape index (κ2) is 7.65. The van der Waals surface area contributed by atoms with Crippen LogP contribution in [-0.2, 0) is 9.59 Å². The molecule has 6 nitrogen and oxygen atoms in total. The number of allylic oxidation sites excluding steroid dienone is 1. The molecule has 2 aromatic rings. The number of nitrogens with zero attached hydrogens (tertiary/aromatic N) is 1. The number of carboxylic acids is 1. The molecule has 0 amide bonds. The first-order chi connectivity index (χ1) is 12.8. The highest BCUT2D eigenvalue weighted by Crippen LogP contribution is 2.26. The molecule has 0 bridgehead atoms. The lowest BCUT2D eigenvalue weighted by Gasteiger charge is -2.18. The Labute approximate surface area is 164 Å². The molecule has 1 aliphatic carbocycles. The molecule has 1 aliphatic rings. The van der Waals surface area contributed by atoms with E-state index in [1.165, 1.54) is 12.1 Å². The molecular weight excluding hydrogens is 391 g/mol. The molecule has 27 heavy (non-hydrogen) atoms. The molecule has 0 spiro atoms. The van der Waals surface area contributed by atoms with Crippen molar-refractivity contribution in [3.05, 3.63) is 81.7 Å². The number of halogens is 2. The van der Waals surface area contributed by atoms with Crippen LogP contribution < -0.4 is 5.32 Å². The molecule has 0 atom stereocenters. The molecule has 0 radical (unpaired) electrons. The number of carbonyl (C=O) groups excluding carboxylic acids is 1. The molecular formula is C19H12Cl2N2O4. The van der Waals surface area contributed by atoms with Crippen molar-refractivity contribution in [2.24, 2.45) is 4.99 Å². The Bertz CT molecular complexity index is 1010. The molecule has 3 rings (SSSR count). The number of aliphatic hydroxyl groups is 1. The fourth-order valence-corrected chi connectivity index (χ4v) is 2.63. The summed E-state index contributed by atoms with van der Waals surface area (Å²) >= 11 is 11.6. The lowest BCUT2D eigenvalue weighted by Crippen LogP contribution is -2.28. The third-order valence-corrected chi connectivity index (χ3v) is 4.15. The number of carbonyl (C=O) groups is 2. The number of ketones is 1. The number of hydrogen-bond acceptors (Lipinski definition) is 5. The average molecular weight is 403 g/mol. The van der Waals surface area contributed by atoms with Gasteiger partial charge in [0.05, 0.1) is 11.4 Å². The number of rotatable bonds is 4. The minimum Gasteiger partial charge on any atom is -0.505 e. The highest BCUT2D eigenvalue weighted by molar-refractivity contribution is 6.56. The van der Waals surface area contributed by atoms with Crippen LogP contribution in [0.5, 0.6) is 0 Å². The summed E-state index contributed by atoms with van der Waals surface area (Å²) in [6.07, 6.45) is 1.09. The number of benzene rings is 2. The summed E-state index contributed by atoms with van der Waals surface area (Å²) in [6.45, 7) is 0. The zero-order chi connectivity index (χ0) is 19.6. The molecule has 0 unspecified atom stereocenters. The van der Waals surface area contributed by atoms with Crippen LogP contribution in [0.4, 0.5) is 11.4 Å². The predicted molar refractivity (Wildman–Crippen MR) is 104 cm³/mol. The monoisotopic (exact) mass is 402 g/mol. The Morgan fingerprint density at radius 2 is 1.52 bits per heavy atom. The van der Waals surface area contributed by atoms with Crippen LogP contribution in [0, 0.1) is 0 Å². The summed E-state index contributed by atoms with van der Waals surface area (Å²) in [5.41, 5.74) is -0.155. The lowest BCUT2D eigenvalue weighted by atomic mass is 9.97. The third-order valence-electron chi connectivity index (χ3n) is 3.64. The van der Waals surface area contributed by atoms with Crippen molar-refractivity contribution in [3.63, 3.8) is 0 Å². The summed E-state index contributed by atoms with van der Waals surface area (Å²) in [6, 6.07) is 12.7. The molecule has 0 aliphatic heterocycles. The van der Waals surface area contributed by atoms with Gasteiger partial charge in [-0.1, -0.05) is 23.2 Å². The Hall–Kier alpha value is -3.09. The number of aliphatic hydroxyl groups excluding tert-OH is 1. The summed E-state index contributed by atoms with van der Waals surface area (Å²) < 4.78 is 0. The Kier molecular flexibility index (Phi) is 5.30. The van der Waals surface area contributed by atoms with Crippen molar-refractivity contribution in [1.29, 1.82) is 0 Å². The average Bonchev–Trinajstić information content (AvgIpc) is 2.62. The van der Waals surface area contributed by atoms with Gasteiger partial charge in [-0.15, -0.1) is 0 Å². The van der Waals surface area contributed by atoms with Crippen molar-refractivity contribution in [1.82, 2.24) is 0 Å². The van der Waals surface area contributed by atoms with Gasteiger partial charge in [-0.3, -0.25) is 4.79 Å². The van der Waals surface area contributed by atoms with Gasteiger partial charge in [0.15, 0.2) is 5.76 Å². The highest BCUT2D eigenvalue weighted by Gasteiger charge is 2.32. The van der Waals surface area contributed by atoms with E-state index in [0.29, 0.717) is 21.4 Å². The fourth-order valence-electron chi connectivity index (χ4n) is 2.38. The van der Waals surface area contributed by atoms with E-state index in [0.717, 1.165) is 6.08 Å². The topological polar surface area (TPSA) is 99.0 Å². The quantitative estimate of drug-likeness (QED) is 0.651. The second-order valence-corrected chi connectivity index (χ2v) is 6.39. The van der Waals surface area contributed by atoms with Gasteiger partial charge in [0, 0.05) is 21.8 Å². The first-order valence-electron chi connectivity index (χ1n) is 7.65. The number of anilines is 1. The predicted octanol–water partition coefficient (Wildman–Crippen LogP) is 4.54. The standard InChI is InChI=1S/C19H12Cl2N2O4/c20-10-1-5-12(6-2-10)22-14-9-15(24)17(16(18(14)25)19(26)27)23-13-7-3-11(21)4-8-13/h1-9,22,25H,(H,26,27). The molecule has 136 valence electrons. The van der Waals surface area contributed by atoms with Crippen molar-refractivity contribution in [2.75, 3.05) is 5.32 Å². The van der Waals surface area contributed by atoms with Crippen molar-refractivity contribution < 1.29 is 19.8 Å². The van der Waals surface area contributed by atoms with Gasteiger partial charge in [-0.05, 0) is 48.5 Å². The Morgan fingerprint density at radius 3 is 2.07 bits per heavy atom. The number of hydrogen-bond donors (Lipinski definition) is 3. The van der Waals surface area contributed by atoms with Gasteiger partial charge in [0.2, 0.25) is 5.78 Å². The smallest absolute Gasteiger partial charge is 0.341 e. The third kappa shape index (κ3) is 4.19. The maximum atomic E-state index is 12.5.